The third-order valence-corrected chi connectivity index (χ3v) is 3.23. The lowest BCUT2D eigenvalue weighted by atomic mass is 10.0. The summed E-state index contributed by atoms with van der Waals surface area (Å²) in [5, 5.41) is 0. The van der Waals surface area contributed by atoms with Crippen LogP contribution in [0.3, 0.4) is 0 Å². The van der Waals surface area contributed by atoms with Gasteiger partial charge in [0.25, 0.3) is 0 Å². The normalized spacial score (nSPS) is 31.6. The van der Waals surface area contributed by atoms with Gasteiger partial charge in [-0.2, -0.15) is 0 Å². The number of aromatic nitrogens is 1. The van der Waals surface area contributed by atoms with Crippen LogP contribution >= 0.6 is 0 Å². The van der Waals surface area contributed by atoms with E-state index in [4.69, 9.17) is 11.0 Å². The highest BCUT2D eigenvalue weighted by Gasteiger charge is 2.11. The summed E-state index contributed by atoms with van der Waals surface area (Å²) in [5.74, 6) is 0. The van der Waals surface area contributed by atoms with E-state index >= 15 is 0 Å². The minimum absolute atomic E-state index is 0.335. The van der Waals surface area contributed by atoms with E-state index in [1.54, 1.807) is 30.5 Å². The summed E-state index contributed by atoms with van der Waals surface area (Å²) in [6.07, 6.45) is -2.89. The van der Waals surface area contributed by atoms with Gasteiger partial charge < -0.3 is 0 Å². The lowest BCUT2D eigenvalue weighted by molar-refractivity contribution is 0.377. The van der Waals surface area contributed by atoms with Gasteiger partial charge in [-0.3, -0.25) is 9.88 Å². The van der Waals surface area contributed by atoms with Gasteiger partial charge in [-0.05, 0) is 50.4 Å². The lowest BCUT2D eigenvalue weighted by Gasteiger charge is -2.14. The number of rotatable bonds is 4. The van der Waals surface area contributed by atoms with Crippen molar-refractivity contribution >= 4 is 5.57 Å². The van der Waals surface area contributed by atoms with Gasteiger partial charge in [-0.1, -0.05) is 42.0 Å². The maximum absolute atomic E-state index is 8.13. The van der Waals surface area contributed by atoms with Crippen LogP contribution in [0.25, 0.3) is 5.57 Å². The van der Waals surface area contributed by atoms with Crippen LogP contribution in [-0.4, -0.2) is 29.4 Å². The molecule has 1 aromatic heterocycles. The fourth-order valence-corrected chi connectivity index (χ4v) is 2.12. The number of hydrogen-bond acceptors (Lipinski definition) is 2. The molecule has 0 bridgehead atoms. The van der Waals surface area contributed by atoms with Gasteiger partial charge in [0.1, 0.15) is 0 Å². The van der Waals surface area contributed by atoms with E-state index in [1.165, 1.54) is 0 Å². The van der Waals surface area contributed by atoms with Crippen LogP contribution in [0.4, 0.5) is 0 Å². The van der Waals surface area contributed by atoms with Crippen LogP contribution in [0.15, 0.2) is 54.7 Å². The first-order chi connectivity index (χ1) is 13.3. The van der Waals surface area contributed by atoms with Crippen molar-refractivity contribution in [2.24, 2.45) is 0 Å². The SMILES string of the molecule is [2H]C1([2H])N(C/C=C(/c2ccc(C)cc2)c2ccccn2)C([2H])([2H])C([2H])([2H])C1([2H])[2H]. The zero-order valence-electron chi connectivity index (χ0n) is 19.8. The van der Waals surface area contributed by atoms with Crippen molar-refractivity contribution in [1.29, 1.82) is 0 Å². The molecule has 3 rings (SSSR count). The monoisotopic (exact) mass is 286 g/mol. The van der Waals surface area contributed by atoms with Crippen LogP contribution < -0.4 is 0 Å². The van der Waals surface area contributed by atoms with Crippen LogP contribution in [0.5, 0.6) is 0 Å². The van der Waals surface area contributed by atoms with Gasteiger partial charge in [0.05, 0.1) is 5.69 Å². The van der Waals surface area contributed by atoms with Crippen molar-refractivity contribution in [3.05, 3.63) is 71.6 Å². The Labute approximate surface area is 138 Å². The predicted molar refractivity (Wildman–Crippen MR) is 88.2 cm³/mol. The Morgan fingerprint density at radius 1 is 1.19 bits per heavy atom. The first-order valence-corrected chi connectivity index (χ1v) is 6.80. The first kappa shape index (κ1) is 7.37. The number of aryl methyl sites for hydroxylation is 1. The average Bonchev–Trinajstić information content (AvgIpc) is 2.72. The van der Waals surface area contributed by atoms with E-state index in [9.17, 15) is 0 Å². The summed E-state index contributed by atoms with van der Waals surface area (Å²) in [4.78, 5) is 4.94. The lowest BCUT2D eigenvalue weighted by Crippen LogP contribution is -2.19. The van der Waals surface area contributed by atoms with Crippen LogP contribution in [0, 0.1) is 6.92 Å². The Balaban J connectivity index is 2.07. The molecule has 0 radical (unpaired) electrons. The topological polar surface area (TPSA) is 16.1 Å². The summed E-state index contributed by atoms with van der Waals surface area (Å²) in [6.45, 7) is -4.08. The molecule has 108 valence electrons. The highest BCUT2D eigenvalue weighted by molar-refractivity contribution is 5.78. The van der Waals surface area contributed by atoms with Gasteiger partial charge in [-0.15, -0.1) is 0 Å². The molecule has 0 unspecified atom stereocenters. The average molecular weight is 286 g/mol. The molecular weight excluding hydrogens is 256 g/mol. The Morgan fingerprint density at radius 3 is 2.62 bits per heavy atom. The molecule has 2 heteroatoms. The van der Waals surface area contributed by atoms with Gasteiger partial charge in [-0.25, -0.2) is 0 Å². The maximum atomic E-state index is 8.13. The molecule has 0 spiro atoms. The summed E-state index contributed by atoms with van der Waals surface area (Å²) in [7, 11) is 0. The molecular formula is C19H22N2. The zero-order chi connectivity index (χ0) is 21.7. The van der Waals surface area contributed by atoms with Crippen LogP contribution in [0.2, 0.25) is 0 Å². The Hall–Kier alpha value is -1.93. The molecule has 1 aliphatic rings. The fourth-order valence-electron chi connectivity index (χ4n) is 2.12. The van der Waals surface area contributed by atoms with Gasteiger partial charge >= 0.3 is 0 Å². The van der Waals surface area contributed by atoms with E-state index in [-0.39, 0.29) is 6.54 Å². The van der Waals surface area contributed by atoms with Crippen molar-refractivity contribution in [2.75, 3.05) is 19.5 Å². The van der Waals surface area contributed by atoms with Gasteiger partial charge in [0.2, 0.25) is 0 Å². The van der Waals surface area contributed by atoms with Crippen molar-refractivity contribution in [2.45, 2.75) is 19.7 Å². The molecule has 2 aromatic rings. The summed E-state index contributed by atoms with van der Waals surface area (Å²) < 4.78 is 64.2. The molecule has 2 heterocycles. The number of hydrogen-bond donors (Lipinski definition) is 0. The highest BCUT2D eigenvalue weighted by Crippen LogP contribution is 2.22. The van der Waals surface area contributed by atoms with Crippen molar-refractivity contribution in [3.8, 4) is 0 Å². The molecule has 1 saturated heterocycles. The van der Waals surface area contributed by atoms with Crippen molar-refractivity contribution in [1.82, 2.24) is 9.88 Å². The molecule has 1 aromatic carbocycles. The first-order valence-electron chi connectivity index (χ1n) is 10.8. The molecule has 2 nitrogen and oxygen atoms in total. The molecule has 0 aliphatic carbocycles. The Bertz CT molecular complexity index is 882. The summed E-state index contributed by atoms with van der Waals surface area (Å²) in [6, 6.07) is 12.9. The fraction of sp³-hybridized carbons (Fsp3) is 0.316. The standard InChI is InChI=1S/C19H22N2/c1-16-7-9-17(10-8-16)18(19-6-2-3-12-20-19)11-15-21-13-4-5-14-21/h2-3,6-12H,4-5,13-15H2,1H3/b18-11-/i4D2,5D2,13D2,14D2. The zero-order valence-corrected chi connectivity index (χ0v) is 11.8. The molecule has 0 amide bonds. The number of benzene rings is 1. The summed E-state index contributed by atoms with van der Waals surface area (Å²) in [5.41, 5.74) is 3.08. The second-order valence-electron chi connectivity index (χ2n) is 4.78. The van der Waals surface area contributed by atoms with Gasteiger partial charge in [0.15, 0.2) is 0 Å². The maximum Gasteiger partial charge on any atom is 0.0705 e. The Morgan fingerprint density at radius 2 is 1.95 bits per heavy atom. The van der Waals surface area contributed by atoms with Crippen LogP contribution in [-0.2, 0) is 0 Å². The third-order valence-electron chi connectivity index (χ3n) is 3.23. The molecule has 21 heavy (non-hydrogen) atoms. The van der Waals surface area contributed by atoms with Crippen molar-refractivity contribution < 1.29 is 11.0 Å². The second kappa shape index (κ2) is 6.68. The minimum Gasteiger partial charge on any atom is -0.300 e. The van der Waals surface area contributed by atoms with Crippen LogP contribution in [0.1, 0.15) is 40.5 Å². The minimum atomic E-state index is -3.04. The molecule has 1 aliphatic heterocycles. The number of likely N-dealkylation sites (tertiary alicyclic amines) is 1. The van der Waals surface area contributed by atoms with Gasteiger partial charge in [0, 0.05) is 29.3 Å². The second-order valence-corrected chi connectivity index (χ2v) is 4.78. The molecule has 0 atom stereocenters. The number of nitrogens with zero attached hydrogens (tertiary/aromatic N) is 2. The highest BCUT2D eigenvalue weighted by atomic mass is 15.1. The smallest absolute Gasteiger partial charge is 0.0705 e. The molecule has 0 saturated carbocycles. The number of pyridine rings is 1. The molecule has 1 fully saturated rings. The van der Waals surface area contributed by atoms with E-state index in [2.05, 4.69) is 4.98 Å². The predicted octanol–water partition coefficient (Wildman–Crippen LogP) is 3.92. The summed E-state index contributed by atoms with van der Waals surface area (Å²) >= 11 is 0. The Kier molecular flexibility index (Phi) is 2.34. The van der Waals surface area contributed by atoms with E-state index in [0.717, 1.165) is 11.1 Å². The molecule has 0 N–H and O–H groups in total. The van der Waals surface area contributed by atoms with E-state index in [1.807, 2.05) is 31.2 Å². The van der Waals surface area contributed by atoms with Crippen molar-refractivity contribution in [3.63, 3.8) is 0 Å². The largest absolute Gasteiger partial charge is 0.300 e. The van der Waals surface area contributed by atoms with E-state index < -0.39 is 25.7 Å². The quantitative estimate of drug-likeness (QED) is 0.847. The van der Waals surface area contributed by atoms with E-state index in [0.29, 0.717) is 16.2 Å². The third kappa shape index (κ3) is 3.59.